The van der Waals surface area contributed by atoms with Crippen molar-refractivity contribution >= 4 is 0 Å². The van der Waals surface area contributed by atoms with Crippen molar-refractivity contribution in [2.24, 2.45) is 5.92 Å². The van der Waals surface area contributed by atoms with Crippen molar-refractivity contribution in [2.45, 2.75) is 6.29 Å². The summed E-state index contributed by atoms with van der Waals surface area (Å²) in [5.74, 6) is 0.0972. The summed E-state index contributed by atoms with van der Waals surface area (Å²) in [6, 6.07) is 0. The van der Waals surface area contributed by atoms with Gasteiger partial charge in [0.1, 0.15) is 0 Å². The third kappa shape index (κ3) is 0.992. The molecule has 1 rings (SSSR count). The van der Waals surface area contributed by atoms with Gasteiger partial charge in [0.2, 0.25) is 0 Å². The molecule has 0 atom stereocenters. The summed E-state index contributed by atoms with van der Waals surface area (Å²) in [5, 5.41) is 17.0. The van der Waals surface area contributed by atoms with Gasteiger partial charge in [0.05, 0.1) is 0 Å². The van der Waals surface area contributed by atoms with Crippen LogP contribution in [0.2, 0.25) is 0 Å². The molecule has 0 aromatic carbocycles. The molecular formula is C5H11NO2. The van der Waals surface area contributed by atoms with Gasteiger partial charge in [-0.3, -0.25) is 0 Å². The molecule has 3 heteroatoms. The summed E-state index contributed by atoms with van der Waals surface area (Å²) < 4.78 is 0. The molecule has 8 heavy (non-hydrogen) atoms. The van der Waals surface area contributed by atoms with Crippen LogP contribution in [0.25, 0.3) is 0 Å². The van der Waals surface area contributed by atoms with Crippen molar-refractivity contribution in [3.63, 3.8) is 0 Å². The lowest BCUT2D eigenvalue weighted by Gasteiger charge is -2.36. The van der Waals surface area contributed by atoms with E-state index in [2.05, 4.69) is 0 Å². The van der Waals surface area contributed by atoms with Gasteiger partial charge < -0.3 is 15.1 Å². The zero-order valence-corrected chi connectivity index (χ0v) is 4.91. The zero-order chi connectivity index (χ0) is 6.15. The first-order chi connectivity index (χ1) is 3.70. The Bertz CT molecular complexity index is 78.5. The predicted octanol–water partition coefficient (Wildman–Crippen LogP) is -1.14. The fourth-order valence-corrected chi connectivity index (χ4v) is 0.936. The maximum atomic E-state index is 8.52. The molecule has 0 spiro atoms. The normalized spacial score (nSPS) is 24.0. The highest BCUT2D eigenvalue weighted by molar-refractivity contribution is 4.77. The third-order valence-electron chi connectivity index (χ3n) is 1.51. The predicted molar refractivity (Wildman–Crippen MR) is 29.2 cm³/mol. The Kier molecular flexibility index (Phi) is 1.51. The van der Waals surface area contributed by atoms with E-state index in [9.17, 15) is 0 Å². The average molecular weight is 117 g/mol. The van der Waals surface area contributed by atoms with Gasteiger partial charge >= 0.3 is 0 Å². The molecule has 1 saturated heterocycles. The second-order valence-electron chi connectivity index (χ2n) is 2.39. The maximum Gasteiger partial charge on any atom is 0.156 e. The van der Waals surface area contributed by atoms with Gasteiger partial charge in [-0.1, -0.05) is 0 Å². The fraction of sp³-hybridized carbons (Fsp3) is 1.00. The Morgan fingerprint density at radius 1 is 1.50 bits per heavy atom. The fourth-order valence-electron chi connectivity index (χ4n) is 0.936. The lowest BCUT2D eigenvalue weighted by Crippen LogP contribution is -2.49. The minimum atomic E-state index is -1.11. The summed E-state index contributed by atoms with van der Waals surface area (Å²) in [4.78, 5) is 2.05. The van der Waals surface area contributed by atoms with Gasteiger partial charge in [-0.25, -0.2) is 0 Å². The van der Waals surface area contributed by atoms with Crippen LogP contribution in [0, 0.1) is 5.92 Å². The Morgan fingerprint density at radius 2 is 2.00 bits per heavy atom. The highest BCUT2D eigenvalue weighted by atomic mass is 16.5. The van der Waals surface area contributed by atoms with Gasteiger partial charge in [0.25, 0.3) is 0 Å². The number of nitrogens with zero attached hydrogens (tertiary/aromatic N) is 1. The first kappa shape index (κ1) is 6.01. The molecule has 1 fully saturated rings. The third-order valence-corrected chi connectivity index (χ3v) is 1.51. The monoisotopic (exact) mass is 117 g/mol. The van der Waals surface area contributed by atoms with E-state index in [-0.39, 0.29) is 5.92 Å². The summed E-state index contributed by atoms with van der Waals surface area (Å²) in [6.07, 6.45) is -1.11. The van der Waals surface area contributed by atoms with Crippen LogP contribution in [0.4, 0.5) is 0 Å². The smallest absolute Gasteiger partial charge is 0.156 e. The van der Waals surface area contributed by atoms with E-state index in [1.807, 2.05) is 11.9 Å². The molecule has 0 radical (unpaired) electrons. The van der Waals surface area contributed by atoms with Crippen molar-refractivity contribution in [1.29, 1.82) is 0 Å². The van der Waals surface area contributed by atoms with E-state index in [0.29, 0.717) is 0 Å². The topological polar surface area (TPSA) is 43.7 Å². The molecule has 0 aliphatic carbocycles. The van der Waals surface area contributed by atoms with Crippen LogP contribution in [0.3, 0.4) is 0 Å². The Labute approximate surface area is 48.5 Å². The van der Waals surface area contributed by atoms with Crippen molar-refractivity contribution in [3.05, 3.63) is 0 Å². The first-order valence-electron chi connectivity index (χ1n) is 2.75. The van der Waals surface area contributed by atoms with Gasteiger partial charge in [0, 0.05) is 19.0 Å². The standard InChI is InChI=1S/C5H11NO2/c1-6-2-4(3-6)5(7)8/h4-5,7-8H,2-3H2,1H3. The lowest BCUT2D eigenvalue weighted by atomic mass is 10.0. The summed E-state index contributed by atoms with van der Waals surface area (Å²) in [5.41, 5.74) is 0. The van der Waals surface area contributed by atoms with Crippen LogP contribution in [-0.2, 0) is 0 Å². The van der Waals surface area contributed by atoms with Gasteiger partial charge in [-0.15, -0.1) is 0 Å². The molecule has 3 nitrogen and oxygen atoms in total. The summed E-state index contributed by atoms with van der Waals surface area (Å²) in [7, 11) is 1.96. The number of hydrogen-bond donors (Lipinski definition) is 2. The molecule has 0 amide bonds. The highest BCUT2D eigenvalue weighted by Crippen LogP contribution is 2.14. The van der Waals surface area contributed by atoms with Crippen molar-refractivity contribution in [1.82, 2.24) is 4.90 Å². The van der Waals surface area contributed by atoms with E-state index in [1.165, 1.54) is 0 Å². The second kappa shape index (κ2) is 2.01. The van der Waals surface area contributed by atoms with E-state index < -0.39 is 6.29 Å². The molecule has 0 unspecified atom stereocenters. The first-order valence-corrected chi connectivity index (χ1v) is 2.75. The van der Waals surface area contributed by atoms with Crippen LogP contribution in [0.5, 0.6) is 0 Å². The quantitative estimate of drug-likeness (QED) is 0.427. The van der Waals surface area contributed by atoms with Crippen LogP contribution in [-0.4, -0.2) is 41.5 Å². The minimum absolute atomic E-state index is 0.0972. The van der Waals surface area contributed by atoms with Crippen LogP contribution in [0.1, 0.15) is 0 Å². The molecular weight excluding hydrogens is 106 g/mol. The van der Waals surface area contributed by atoms with Crippen LogP contribution < -0.4 is 0 Å². The van der Waals surface area contributed by atoms with Crippen LogP contribution in [0.15, 0.2) is 0 Å². The molecule has 1 aliphatic rings. The number of hydrogen-bond acceptors (Lipinski definition) is 3. The van der Waals surface area contributed by atoms with Gasteiger partial charge in [-0.05, 0) is 7.05 Å². The number of likely N-dealkylation sites (tertiary alicyclic amines) is 1. The summed E-state index contributed by atoms with van der Waals surface area (Å²) in [6.45, 7) is 1.63. The number of aliphatic hydroxyl groups is 2. The molecule has 0 bridgehead atoms. The molecule has 48 valence electrons. The molecule has 0 aromatic rings. The van der Waals surface area contributed by atoms with E-state index in [4.69, 9.17) is 10.2 Å². The maximum absolute atomic E-state index is 8.52. The zero-order valence-electron chi connectivity index (χ0n) is 4.91. The molecule has 0 saturated carbocycles. The summed E-state index contributed by atoms with van der Waals surface area (Å²) >= 11 is 0. The van der Waals surface area contributed by atoms with Crippen molar-refractivity contribution in [3.8, 4) is 0 Å². The van der Waals surface area contributed by atoms with Crippen molar-refractivity contribution in [2.75, 3.05) is 20.1 Å². The van der Waals surface area contributed by atoms with Gasteiger partial charge in [-0.2, -0.15) is 0 Å². The SMILES string of the molecule is CN1CC(C(O)O)C1. The second-order valence-corrected chi connectivity index (χ2v) is 2.39. The average Bonchev–Trinajstić information content (AvgIpc) is 1.57. The Balaban J connectivity index is 2.15. The van der Waals surface area contributed by atoms with Crippen molar-refractivity contribution < 1.29 is 10.2 Å². The minimum Gasteiger partial charge on any atom is -0.368 e. The lowest BCUT2D eigenvalue weighted by molar-refractivity contribution is -0.124. The number of rotatable bonds is 1. The molecule has 1 aliphatic heterocycles. The Hall–Kier alpha value is -0.120. The Morgan fingerprint density at radius 3 is 2.12 bits per heavy atom. The van der Waals surface area contributed by atoms with Gasteiger partial charge in [0.15, 0.2) is 6.29 Å². The van der Waals surface area contributed by atoms with Crippen LogP contribution >= 0.6 is 0 Å². The van der Waals surface area contributed by atoms with E-state index >= 15 is 0 Å². The largest absolute Gasteiger partial charge is 0.368 e. The van der Waals surface area contributed by atoms with E-state index in [1.54, 1.807) is 0 Å². The highest BCUT2D eigenvalue weighted by Gasteiger charge is 2.28. The molecule has 2 N–H and O–H groups in total. The van der Waals surface area contributed by atoms with E-state index in [0.717, 1.165) is 13.1 Å². The molecule has 0 aromatic heterocycles. The molecule has 1 heterocycles. The number of aliphatic hydroxyl groups excluding tert-OH is 1.